The van der Waals surface area contributed by atoms with E-state index in [1.165, 1.54) is 30.9 Å². The summed E-state index contributed by atoms with van der Waals surface area (Å²) >= 11 is 0. The van der Waals surface area contributed by atoms with Crippen molar-refractivity contribution < 1.29 is 19.0 Å². The number of fused-ring (bicyclic) bond motifs is 1. The highest BCUT2D eigenvalue weighted by atomic mass is 19.1. The highest BCUT2D eigenvalue weighted by Crippen LogP contribution is 2.23. The first kappa shape index (κ1) is 21.6. The number of nitriles is 1. The summed E-state index contributed by atoms with van der Waals surface area (Å²) in [6.07, 6.45) is 2.77. The number of alkyl halides is 1. The summed E-state index contributed by atoms with van der Waals surface area (Å²) in [7, 11) is 0. The van der Waals surface area contributed by atoms with Crippen LogP contribution in [0.5, 0.6) is 0 Å². The second kappa shape index (κ2) is 8.49. The van der Waals surface area contributed by atoms with Crippen molar-refractivity contribution in [3.8, 4) is 11.9 Å². The predicted octanol–water partition coefficient (Wildman–Crippen LogP) is 1.34. The van der Waals surface area contributed by atoms with Gasteiger partial charge in [-0.15, -0.1) is 0 Å². The second-order valence-corrected chi connectivity index (χ2v) is 8.10. The van der Waals surface area contributed by atoms with Gasteiger partial charge in [-0.2, -0.15) is 15.0 Å². The Hall–Kier alpha value is -3.62. The minimum absolute atomic E-state index is 0.0211. The van der Waals surface area contributed by atoms with Crippen LogP contribution in [0.4, 0.5) is 10.1 Å². The third-order valence-corrected chi connectivity index (χ3v) is 5.09. The molecule has 1 atom stereocenters. The number of nitrogens with zero attached hydrogens (tertiary/aromatic N) is 5. The number of rotatable bonds is 7. The first-order valence-corrected chi connectivity index (χ1v) is 9.99. The fraction of sp³-hybridized carbons (Fsp3) is 0.381. The lowest BCUT2D eigenvalue weighted by atomic mass is 10.0. The Bertz CT molecular complexity index is 1190. The number of aromatic nitrogens is 4. The summed E-state index contributed by atoms with van der Waals surface area (Å²) in [6, 6.07) is 5.39. The first-order valence-electron chi connectivity index (χ1n) is 9.99. The zero-order valence-corrected chi connectivity index (χ0v) is 17.5. The van der Waals surface area contributed by atoms with E-state index >= 15 is 0 Å². The van der Waals surface area contributed by atoms with Crippen molar-refractivity contribution in [1.29, 1.82) is 5.26 Å². The molecule has 1 aliphatic heterocycles. The zero-order valence-electron chi connectivity index (χ0n) is 17.5. The number of hydrogen-bond acceptors (Lipinski definition) is 8. The van der Waals surface area contributed by atoms with Gasteiger partial charge in [0.2, 0.25) is 0 Å². The van der Waals surface area contributed by atoms with E-state index in [2.05, 4.69) is 25.7 Å². The van der Waals surface area contributed by atoms with Gasteiger partial charge in [0, 0.05) is 23.8 Å². The Morgan fingerprint density at radius 2 is 2.16 bits per heavy atom. The number of ether oxygens (including phenoxy) is 1. The standard InChI is InChI=1S/C21H22FN7O3/c1-21(2,31)17(22)9-26-20(30)15-8-24-18(4-16(15)28-14-10-32-11-14)29-19-13(7-27-29)3-12(5-23)6-25-19/h3-4,6-8,14,17,31H,9-11H2,1-2H3,(H,24,28)(H,26,30). The topological polar surface area (TPSA) is 138 Å². The Balaban J connectivity index is 1.64. The maximum Gasteiger partial charge on any atom is 0.255 e. The van der Waals surface area contributed by atoms with Gasteiger partial charge in [0.25, 0.3) is 5.91 Å². The molecule has 0 saturated carbocycles. The zero-order chi connectivity index (χ0) is 22.9. The molecule has 0 aromatic carbocycles. The molecule has 3 aromatic heterocycles. The number of halogens is 1. The minimum atomic E-state index is -1.63. The minimum Gasteiger partial charge on any atom is -0.387 e. The number of carbonyl (C=O) groups excluding carboxylic acids is 1. The van der Waals surface area contributed by atoms with E-state index in [4.69, 9.17) is 10.00 Å². The molecule has 1 amide bonds. The molecule has 1 unspecified atom stereocenters. The van der Waals surface area contributed by atoms with Crippen molar-refractivity contribution in [3.05, 3.63) is 41.9 Å². The molecule has 0 bridgehead atoms. The van der Waals surface area contributed by atoms with E-state index in [1.807, 2.05) is 6.07 Å². The average Bonchev–Trinajstić information content (AvgIpc) is 3.16. The van der Waals surface area contributed by atoms with Gasteiger partial charge < -0.3 is 20.5 Å². The highest BCUT2D eigenvalue weighted by Gasteiger charge is 2.28. The number of pyridine rings is 2. The van der Waals surface area contributed by atoms with Gasteiger partial charge in [-0.25, -0.2) is 14.4 Å². The SMILES string of the molecule is CC(C)(O)C(F)CNC(=O)c1cnc(-n2ncc3cc(C#N)cnc32)cc1NC1COC1. The van der Waals surface area contributed by atoms with E-state index < -0.39 is 17.7 Å². The van der Waals surface area contributed by atoms with Crippen molar-refractivity contribution in [3.63, 3.8) is 0 Å². The predicted molar refractivity (Wildman–Crippen MR) is 113 cm³/mol. The highest BCUT2D eigenvalue weighted by molar-refractivity contribution is 5.99. The van der Waals surface area contributed by atoms with Gasteiger partial charge in [0.15, 0.2) is 11.5 Å². The lowest BCUT2D eigenvalue weighted by molar-refractivity contribution is -0.00178. The van der Waals surface area contributed by atoms with Crippen LogP contribution in [0.2, 0.25) is 0 Å². The van der Waals surface area contributed by atoms with Crippen LogP contribution in [0.25, 0.3) is 16.9 Å². The smallest absolute Gasteiger partial charge is 0.255 e. The van der Waals surface area contributed by atoms with Gasteiger partial charge in [0.05, 0.1) is 54.4 Å². The van der Waals surface area contributed by atoms with Crippen LogP contribution in [0, 0.1) is 11.3 Å². The molecule has 0 radical (unpaired) electrons. The molecule has 3 aromatic rings. The summed E-state index contributed by atoms with van der Waals surface area (Å²) in [6.45, 7) is 3.32. The monoisotopic (exact) mass is 439 g/mol. The molecule has 32 heavy (non-hydrogen) atoms. The van der Waals surface area contributed by atoms with E-state index in [9.17, 15) is 14.3 Å². The summed E-state index contributed by atoms with van der Waals surface area (Å²) in [5.41, 5.74) is 0.0643. The Kier molecular flexibility index (Phi) is 5.73. The fourth-order valence-corrected chi connectivity index (χ4v) is 3.08. The number of amides is 1. The summed E-state index contributed by atoms with van der Waals surface area (Å²) in [5, 5.41) is 29.5. The largest absolute Gasteiger partial charge is 0.387 e. The maximum absolute atomic E-state index is 14.1. The van der Waals surface area contributed by atoms with E-state index in [0.717, 1.165) is 0 Å². The molecular weight excluding hydrogens is 417 g/mol. The normalized spacial score (nSPS) is 15.1. The number of carbonyl (C=O) groups is 1. The number of aliphatic hydroxyl groups is 1. The third-order valence-electron chi connectivity index (χ3n) is 5.09. The van der Waals surface area contributed by atoms with Gasteiger partial charge in [-0.3, -0.25) is 4.79 Å². The molecule has 0 aliphatic carbocycles. The molecular formula is C21H22FN7O3. The Morgan fingerprint density at radius 3 is 2.81 bits per heavy atom. The molecule has 4 rings (SSSR count). The van der Waals surface area contributed by atoms with Crippen molar-refractivity contribution in [2.75, 3.05) is 25.1 Å². The molecule has 1 aliphatic rings. The van der Waals surface area contributed by atoms with Crippen LogP contribution in [-0.2, 0) is 4.74 Å². The van der Waals surface area contributed by atoms with Gasteiger partial charge in [-0.1, -0.05) is 0 Å². The van der Waals surface area contributed by atoms with Crippen LogP contribution in [0.3, 0.4) is 0 Å². The van der Waals surface area contributed by atoms with Gasteiger partial charge >= 0.3 is 0 Å². The van der Waals surface area contributed by atoms with Crippen LogP contribution >= 0.6 is 0 Å². The van der Waals surface area contributed by atoms with Crippen molar-refractivity contribution in [2.45, 2.75) is 31.7 Å². The Morgan fingerprint density at radius 1 is 1.38 bits per heavy atom. The first-order chi connectivity index (χ1) is 15.3. The Labute approximate surface area is 183 Å². The van der Waals surface area contributed by atoms with Crippen molar-refractivity contribution >= 4 is 22.6 Å². The van der Waals surface area contributed by atoms with Crippen molar-refractivity contribution in [1.82, 2.24) is 25.1 Å². The van der Waals surface area contributed by atoms with Crippen LogP contribution in [0.1, 0.15) is 29.8 Å². The summed E-state index contributed by atoms with van der Waals surface area (Å²) in [5.74, 6) is -0.114. The molecule has 1 fully saturated rings. The maximum atomic E-state index is 14.1. The summed E-state index contributed by atoms with van der Waals surface area (Å²) in [4.78, 5) is 21.4. The van der Waals surface area contributed by atoms with E-state index in [1.54, 1.807) is 18.3 Å². The molecule has 166 valence electrons. The fourth-order valence-electron chi connectivity index (χ4n) is 3.08. The lowest BCUT2D eigenvalue weighted by Crippen LogP contribution is -2.43. The number of nitrogens with one attached hydrogen (secondary N) is 2. The van der Waals surface area contributed by atoms with Crippen molar-refractivity contribution in [2.24, 2.45) is 0 Å². The van der Waals surface area contributed by atoms with Crippen LogP contribution < -0.4 is 10.6 Å². The number of hydrogen-bond donors (Lipinski definition) is 3. The van der Waals surface area contributed by atoms with Crippen LogP contribution in [0.15, 0.2) is 30.7 Å². The van der Waals surface area contributed by atoms with Gasteiger partial charge in [-0.05, 0) is 19.9 Å². The summed E-state index contributed by atoms with van der Waals surface area (Å²) < 4.78 is 20.8. The molecule has 1 saturated heterocycles. The molecule has 0 spiro atoms. The number of anilines is 1. The van der Waals surface area contributed by atoms with E-state index in [-0.39, 0.29) is 18.2 Å². The molecule has 3 N–H and O–H groups in total. The lowest BCUT2D eigenvalue weighted by Gasteiger charge is -2.29. The molecule has 10 nitrogen and oxygen atoms in total. The van der Waals surface area contributed by atoms with Gasteiger partial charge in [0.1, 0.15) is 12.2 Å². The second-order valence-electron chi connectivity index (χ2n) is 8.10. The van der Waals surface area contributed by atoms with Crippen LogP contribution in [-0.4, -0.2) is 68.3 Å². The third kappa shape index (κ3) is 4.37. The average molecular weight is 439 g/mol. The van der Waals surface area contributed by atoms with E-state index in [0.29, 0.717) is 41.3 Å². The molecule has 4 heterocycles. The quantitative estimate of drug-likeness (QED) is 0.501. The molecule has 11 heteroatoms.